The fourth-order valence-electron chi connectivity index (χ4n) is 2.32. The van der Waals surface area contributed by atoms with Gasteiger partial charge in [-0.25, -0.2) is 4.79 Å². The summed E-state index contributed by atoms with van der Waals surface area (Å²) in [6.07, 6.45) is 0. The first-order valence-corrected chi connectivity index (χ1v) is 9.04. The molecule has 1 N–H and O–H groups in total. The molecule has 0 spiro atoms. The van der Waals surface area contributed by atoms with Crippen LogP contribution in [0.2, 0.25) is 0 Å². The van der Waals surface area contributed by atoms with Gasteiger partial charge in [-0.2, -0.15) is 5.10 Å². The van der Waals surface area contributed by atoms with E-state index in [4.69, 9.17) is 21.7 Å². The Kier molecular flexibility index (Phi) is 5.30. The maximum Gasteiger partial charge on any atom is 0.334 e. The standard InChI is InChI=1S/C17H17N3O3S2/c1-3-22-12-6-8-13(9-7-12)23-16(21)11(2)20-15(18-19-17(20)24)14-5-4-10-25-14/h4-11H,3H2,1-2H3,(H,19,24). The van der Waals surface area contributed by atoms with Gasteiger partial charge in [0.2, 0.25) is 0 Å². The molecule has 3 aromatic rings. The molecule has 0 saturated carbocycles. The number of nitrogens with one attached hydrogen (secondary N) is 1. The number of esters is 1. The van der Waals surface area contributed by atoms with Gasteiger partial charge in [-0.05, 0) is 61.8 Å². The number of carbonyl (C=O) groups is 1. The van der Waals surface area contributed by atoms with E-state index in [1.165, 1.54) is 11.3 Å². The first kappa shape index (κ1) is 17.4. The van der Waals surface area contributed by atoms with Crippen LogP contribution in [0.3, 0.4) is 0 Å². The Hall–Kier alpha value is -2.45. The number of benzene rings is 1. The fourth-order valence-corrected chi connectivity index (χ4v) is 3.32. The Morgan fingerprint density at radius 1 is 1.32 bits per heavy atom. The van der Waals surface area contributed by atoms with Gasteiger partial charge in [-0.3, -0.25) is 9.67 Å². The second-order valence-corrected chi connectivity index (χ2v) is 6.54. The topological polar surface area (TPSA) is 69.1 Å². The smallest absolute Gasteiger partial charge is 0.334 e. The zero-order valence-electron chi connectivity index (χ0n) is 13.8. The van der Waals surface area contributed by atoms with Crippen LogP contribution in [-0.4, -0.2) is 27.3 Å². The van der Waals surface area contributed by atoms with E-state index in [2.05, 4.69) is 10.2 Å². The second-order valence-electron chi connectivity index (χ2n) is 5.20. The maximum atomic E-state index is 12.5. The lowest BCUT2D eigenvalue weighted by Crippen LogP contribution is -2.22. The van der Waals surface area contributed by atoms with E-state index in [0.29, 0.717) is 23.0 Å². The summed E-state index contributed by atoms with van der Waals surface area (Å²) >= 11 is 6.81. The van der Waals surface area contributed by atoms with E-state index in [9.17, 15) is 4.79 Å². The minimum atomic E-state index is -0.616. The van der Waals surface area contributed by atoms with Crippen molar-refractivity contribution in [3.05, 3.63) is 46.5 Å². The lowest BCUT2D eigenvalue weighted by atomic mass is 10.3. The number of aromatic amines is 1. The number of ether oxygens (including phenoxy) is 2. The highest BCUT2D eigenvalue weighted by molar-refractivity contribution is 7.71. The molecule has 0 aliphatic rings. The average Bonchev–Trinajstić information content (AvgIpc) is 3.25. The monoisotopic (exact) mass is 375 g/mol. The molecular formula is C17H17N3O3S2. The minimum Gasteiger partial charge on any atom is -0.494 e. The molecule has 1 atom stereocenters. The Labute approximate surface area is 154 Å². The molecule has 130 valence electrons. The maximum absolute atomic E-state index is 12.5. The first-order valence-electron chi connectivity index (χ1n) is 7.75. The van der Waals surface area contributed by atoms with Gasteiger partial charge in [0.15, 0.2) is 10.6 Å². The molecule has 3 rings (SSSR count). The molecule has 0 saturated heterocycles. The predicted molar refractivity (Wildman–Crippen MR) is 98.7 cm³/mol. The molecule has 25 heavy (non-hydrogen) atoms. The fraction of sp³-hybridized carbons (Fsp3) is 0.235. The van der Waals surface area contributed by atoms with E-state index in [-0.39, 0.29) is 0 Å². The molecule has 0 fully saturated rings. The molecule has 6 nitrogen and oxygen atoms in total. The van der Waals surface area contributed by atoms with Crippen molar-refractivity contribution in [2.45, 2.75) is 19.9 Å². The number of rotatable bonds is 6. The van der Waals surface area contributed by atoms with Crippen molar-refractivity contribution in [1.82, 2.24) is 14.8 Å². The van der Waals surface area contributed by atoms with Crippen LogP contribution >= 0.6 is 23.6 Å². The second kappa shape index (κ2) is 7.62. The Morgan fingerprint density at radius 3 is 2.68 bits per heavy atom. The summed E-state index contributed by atoms with van der Waals surface area (Å²) in [6.45, 7) is 4.23. The SMILES string of the molecule is CCOc1ccc(OC(=O)C(C)n2c(-c3cccs3)n[nH]c2=S)cc1. The van der Waals surface area contributed by atoms with Gasteiger partial charge in [-0.15, -0.1) is 11.3 Å². The van der Waals surface area contributed by atoms with Crippen molar-refractivity contribution in [3.8, 4) is 22.2 Å². The molecule has 0 amide bonds. The number of hydrogen-bond donors (Lipinski definition) is 1. The third kappa shape index (κ3) is 3.80. The highest BCUT2D eigenvalue weighted by Crippen LogP contribution is 2.26. The number of carbonyl (C=O) groups excluding carboxylic acids is 1. The zero-order chi connectivity index (χ0) is 17.8. The Bertz CT molecular complexity index is 898. The van der Waals surface area contributed by atoms with Crippen molar-refractivity contribution in [1.29, 1.82) is 0 Å². The third-order valence-electron chi connectivity index (χ3n) is 3.53. The average molecular weight is 375 g/mol. The summed E-state index contributed by atoms with van der Waals surface area (Å²) < 4.78 is 12.9. The van der Waals surface area contributed by atoms with Crippen LogP contribution in [-0.2, 0) is 4.79 Å². The molecule has 0 radical (unpaired) electrons. The Morgan fingerprint density at radius 2 is 2.04 bits per heavy atom. The lowest BCUT2D eigenvalue weighted by molar-refractivity contribution is -0.137. The van der Waals surface area contributed by atoms with Gasteiger partial charge in [0.1, 0.15) is 17.5 Å². The van der Waals surface area contributed by atoms with E-state index in [1.54, 1.807) is 35.8 Å². The Balaban J connectivity index is 1.79. The highest BCUT2D eigenvalue weighted by atomic mass is 32.1. The lowest BCUT2D eigenvalue weighted by Gasteiger charge is -2.14. The van der Waals surface area contributed by atoms with Gasteiger partial charge in [0.05, 0.1) is 11.5 Å². The predicted octanol–water partition coefficient (Wildman–Crippen LogP) is 4.23. The number of nitrogens with zero attached hydrogens (tertiary/aromatic N) is 2. The summed E-state index contributed by atoms with van der Waals surface area (Å²) in [4.78, 5) is 13.5. The molecule has 8 heteroatoms. The van der Waals surface area contributed by atoms with E-state index in [0.717, 1.165) is 10.6 Å². The van der Waals surface area contributed by atoms with Gasteiger partial charge in [0.25, 0.3) is 0 Å². The summed E-state index contributed by atoms with van der Waals surface area (Å²) in [5.41, 5.74) is 0. The van der Waals surface area contributed by atoms with Crippen molar-refractivity contribution >= 4 is 29.5 Å². The van der Waals surface area contributed by atoms with Crippen LogP contribution < -0.4 is 9.47 Å². The van der Waals surface area contributed by atoms with Crippen LogP contribution in [0.5, 0.6) is 11.5 Å². The van der Waals surface area contributed by atoms with Crippen LogP contribution in [0.4, 0.5) is 0 Å². The van der Waals surface area contributed by atoms with E-state index in [1.807, 2.05) is 24.4 Å². The van der Waals surface area contributed by atoms with Crippen molar-refractivity contribution in [2.24, 2.45) is 0 Å². The minimum absolute atomic E-state index is 0.375. The summed E-state index contributed by atoms with van der Waals surface area (Å²) in [5.74, 6) is 1.39. The van der Waals surface area contributed by atoms with Crippen LogP contribution in [0.1, 0.15) is 19.9 Å². The zero-order valence-corrected chi connectivity index (χ0v) is 15.4. The number of aromatic nitrogens is 3. The molecule has 0 aliphatic carbocycles. The molecule has 2 aromatic heterocycles. The normalized spacial score (nSPS) is 11.9. The summed E-state index contributed by atoms with van der Waals surface area (Å²) in [6, 6.07) is 10.2. The van der Waals surface area contributed by atoms with Gasteiger partial charge >= 0.3 is 5.97 Å². The first-order chi connectivity index (χ1) is 12.1. The summed E-state index contributed by atoms with van der Waals surface area (Å²) in [5, 5.41) is 8.92. The largest absolute Gasteiger partial charge is 0.494 e. The quantitative estimate of drug-likeness (QED) is 0.397. The van der Waals surface area contributed by atoms with E-state index >= 15 is 0 Å². The van der Waals surface area contributed by atoms with Crippen molar-refractivity contribution in [2.75, 3.05) is 6.61 Å². The van der Waals surface area contributed by atoms with Gasteiger partial charge in [-0.1, -0.05) is 6.07 Å². The molecular weight excluding hydrogens is 358 g/mol. The van der Waals surface area contributed by atoms with Gasteiger partial charge in [0, 0.05) is 0 Å². The number of hydrogen-bond acceptors (Lipinski definition) is 6. The molecule has 1 unspecified atom stereocenters. The molecule has 2 heterocycles. The van der Waals surface area contributed by atoms with Crippen LogP contribution in [0.25, 0.3) is 10.7 Å². The van der Waals surface area contributed by atoms with E-state index < -0.39 is 12.0 Å². The number of H-pyrrole nitrogens is 1. The molecule has 1 aromatic carbocycles. The highest BCUT2D eigenvalue weighted by Gasteiger charge is 2.23. The molecule has 0 aliphatic heterocycles. The van der Waals surface area contributed by atoms with Gasteiger partial charge < -0.3 is 9.47 Å². The number of thiophene rings is 1. The van der Waals surface area contributed by atoms with Crippen molar-refractivity contribution in [3.63, 3.8) is 0 Å². The molecule has 0 bridgehead atoms. The van der Waals surface area contributed by atoms with Crippen LogP contribution in [0, 0.1) is 4.77 Å². The van der Waals surface area contributed by atoms with Crippen LogP contribution in [0.15, 0.2) is 41.8 Å². The third-order valence-corrected chi connectivity index (χ3v) is 4.68. The van der Waals surface area contributed by atoms with Crippen molar-refractivity contribution < 1.29 is 14.3 Å². The summed E-state index contributed by atoms with van der Waals surface area (Å²) in [7, 11) is 0.